The quantitative estimate of drug-likeness (QED) is 0.875. The monoisotopic (exact) mass is 335 g/mol. The van der Waals surface area contributed by atoms with Crippen molar-refractivity contribution in [1.29, 1.82) is 0 Å². The molecule has 1 aliphatic carbocycles. The highest BCUT2D eigenvalue weighted by atomic mass is 35.5. The highest BCUT2D eigenvalue weighted by Gasteiger charge is 2.44. The summed E-state index contributed by atoms with van der Waals surface area (Å²) in [6.45, 7) is 0. The number of halogens is 2. The lowest BCUT2D eigenvalue weighted by molar-refractivity contribution is -0.117. The number of anilines is 1. The number of amides is 1. The van der Waals surface area contributed by atoms with Crippen LogP contribution < -0.4 is 10.1 Å². The minimum Gasteiger partial charge on any atom is -0.495 e. The van der Waals surface area contributed by atoms with Gasteiger partial charge < -0.3 is 10.1 Å². The Balaban J connectivity index is 1.70. The first-order valence-corrected chi connectivity index (χ1v) is 7.74. The second-order valence-electron chi connectivity index (χ2n) is 5.34. The zero-order chi connectivity index (χ0) is 15.7. The molecule has 1 saturated carbocycles. The zero-order valence-electron chi connectivity index (χ0n) is 12.0. The Morgan fingerprint density at radius 2 is 1.86 bits per heavy atom. The van der Waals surface area contributed by atoms with Crippen LogP contribution in [0.4, 0.5) is 5.69 Å². The number of hydrogen-bond donors (Lipinski definition) is 1. The van der Waals surface area contributed by atoms with E-state index in [1.165, 1.54) is 0 Å². The Kier molecular flexibility index (Phi) is 4.27. The van der Waals surface area contributed by atoms with Gasteiger partial charge in [0, 0.05) is 16.0 Å². The van der Waals surface area contributed by atoms with Crippen molar-refractivity contribution in [3.05, 3.63) is 58.1 Å². The van der Waals surface area contributed by atoms with Gasteiger partial charge in [-0.15, -0.1) is 0 Å². The third-order valence-electron chi connectivity index (χ3n) is 3.81. The van der Waals surface area contributed by atoms with Crippen LogP contribution in [0.25, 0.3) is 0 Å². The molecule has 2 aromatic carbocycles. The first-order valence-electron chi connectivity index (χ1n) is 6.98. The Bertz CT molecular complexity index is 697. The number of carbonyl (C=O) groups excluding carboxylic acids is 1. The predicted molar refractivity (Wildman–Crippen MR) is 88.9 cm³/mol. The Morgan fingerprint density at radius 1 is 1.18 bits per heavy atom. The zero-order valence-corrected chi connectivity index (χ0v) is 13.5. The van der Waals surface area contributed by atoms with Gasteiger partial charge in [0.1, 0.15) is 5.75 Å². The maximum atomic E-state index is 12.4. The van der Waals surface area contributed by atoms with Crippen molar-refractivity contribution < 1.29 is 9.53 Å². The molecule has 114 valence electrons. The number of benzene rings is 2. The van der Waals surface area contributed by atoms with Crippen LogP contribution in [0.1, 0.15) is 17.9 Å². The molecule has 2 aromatic rings. The molecule has 1 amide bonds. The molecule has 5 heteroatoms. The molecule has 0 radical (unpaired) electrons. The van der Waals surface area contributed by atoms with Crippen LogP contribution >= 0.6 is 23.2 Å². The van der Waals surface area contributed by atoms with E-state index in [0.717, 1.165) is 12.0 Å². The van der Waals surface area contributed by atoms with Crippen LogP contribution in [0, 0.1) is 5.92 Å². The summed E-state index contributed by atoms with van der Waals surface area (Å²) in [5.41, 5.74) is 1.70. The Labute approximate surface area is 139 Å². The van der Waals surface area contributed by atoms with Crippen LogP contribution in [-0.2, 0) is 4.79 Å². The molecule has 1 fully saturated rings. The number of rotatable bonds is 4. The third-order valence-corrected chi connectivity index (χ3v) is 4.24. The van der Waals surface area contributed by atoms with Crippen molar-refractivity contribution >= 4 is 34.8 Å². The molecule has 3 rings (SSSR count). The van der Waals surface area contributed by atoms with Gasteiger partial charge in [0.25, 0.3) is 0 Å². The fraction of sp³-hybridized carbons (Fsp3) is 0.235. The molecule has 1 aliphatic rings. The van der Waals surface area contributed by atoms with E-state index in [-0.39, 0.29) is 17.7 Å². The molecule has 0 bridgehead atoms. The Morgan fingerprint density at radius 3 is 2.55 bits per heavy atom. The number of carbonyl (C=O) groups is 1. The summed E-state index contributed by atoms with van der Waals surface area (Å²) in [7, 11) is 1.58. The summed E-state index contributed by atoms with van der Waals surface area (Å²) in [6.07, 6.45) is 0.803. The minimum atomic E-state index is -0.0561. The normalized spacial score (nSPS) is 19.6. The van der Waals surface area contributed by atoms with Crippen molar-refractivity contribution in [1.82, 2.24) is 0 Å². The largest absolute Gasteiger partial charge is 0.495 e. The van der Waals surface area contributed by atoms with Crippen LogP contribution in [-0.4, -0.2) is 13.0 Å². The highest BCUT2D eigenvalue weighted by molar-refractivity contribution is 6.34. The van der Waals surface area contributed by atoms with Crippen LogP contribution in [0.15, 0.2) is 42.5 Å². The van der Waals surface area contributed by atoms with Gasteiger partial charge in [-0.25, -0.2) is 0 Å². The fourth-order valence-electron chi connectivity index (χ4n) is 2.62. The molecular formula is C17H15Cl2NO2. The molecule has 2 atom stereocenters. The smallest absolute Gasteiger partial charge is 0.228 e. The predicted octanol–water partition coefficient (Wildman–Crippen LogP) is 4.74. The molecule has 0 saturated heterocycles. The molecule has 0 aliphatic heterocycles. The van der Waals surface area contributed by atoms with E-state index in [0.29, 0.717) is 21.5 Å². The summed E-state index contributed by atoms with van der Waals surface area (Å²) >= 11 is 12.0. The van der Waals surface area contributed by atoms with Gasteiger partial charge in [-0.05, 0) is 48.2 Å². The maximum Gasteiger partial charge on any atom is 0.228 e. The van der Waals surface area contributed by atoms with Crippen molar-refractivity contribution in [2.75, 3.05) is 12.4 Å². The Hall–Kier alpha value is -1.71. The summed E-state index contributed by atoms with van der Waals surface area (Å²) in [6, 6.07) is 12.8. The van der Waals surface area contributed by atoms with Crippen molar-refractivity contribution in [2.24, 2.45) is 5.92 Å². The van der Waals surface area contributed by atoms with Crippen LogP contribution in [0.5, 0.6) is 5.75 Å². The lowest BCUT2D eigenvalue weighted by atomic mass is 10.1. The third kappa shape index (κ3) is 3.21. The van der Waals surface area contributed by atoms with Crippen LogP contribution in [0.2, 0.25) is 10.0 Å². The molecule has 0 aromatic heterocycles. The lowest BCUT2D eigenvalue weighted by Crippen LogP contribution is -2.15. The molecule has 22 heavy (non-hydrogen) atoms. The van der Waals surface area contributed by atoms with E-state index in [9.17, 15) is 4.79 Å². The topological polar surface area (TPSA) is 38.3 Å². The van der Waals surface area contributed by atoms with Crippen molar-refractivity contribution in [2.45, 2.75) is 12.3 Å². The van der Waals surface area contributed by atoms with Gasteiger partial charge in [-0.1, -0.05) is 35.3 Å². The lowest BCUT2D eigenvalue weighted by Gasteiger charge is -2.09. The summed E-state index contributed by atoms with van der Waals surface area (Å²) < 4.78 is 5.24. The maximum absolute atomic E-state index is 12.4. The first-order chi connectivity index (χ1) is 10.6. The fourth-order valence-corrected chi connectivity index (χ4v) is 3.16. The van der Waals surface area contributed by atoms with E-state index >= 15 is 0 Å². The average Bonchev–Trinajstić information content (AvgIpc) is 3.27. The number of methoxy groups -OCH3 is 1. The van der Waals surface area contributed by atoms with E-state index in [1.807, 2.05) is 36.4 Å². The van der Waals surface area contributed by atoms with Gasteiger partial charge >= 0.3 is 0 Å². The van der Waals surface area contributed by atoms with E-state index < -0.39 is 0 Å². The van der Waals surface area contributed by atoms with Crippen LogP contribution in [0.3, 0.4) is 0 Å². The second-order valence-corrected chi connectivity index (χ2v) is 6.21. The van der Waals surface area contributed by atoms with E-state index in [2.05, 4.69) is 5.32 Å². The number of para-hydroxylation sites is 2. The summed E-state index contributed by atoms with van der Waals surface area (Å²) in [5, 5.41) is 4.11. The average molecular weight is 336 g/mol. The standard InChI is InChI=1S/C17H15Cl2NO2/c1-22-16-5-3-2-4-15(16)20-17(21)14-9-13(14)10-6-11(18)8-12(19)7-10/h2-8,13-14H,9H2,1H3,(H,20,21)/t13-,14+/m0/s1. The molecular weight excluding hydrogens is 321 g/mol. The molecule has 1 N–H and O–H groups in total. The SMILES string of the molecule is COc1ccccc1NC(=O)[C@@H]1C[C@H]1c1cc(Cl)cc(Cl)c1. The second kappa shape index (κ2) is 6.19. The van der Waals surface area contributed by atoms with Gasteiger partial charge in [0.15, 0.2) is 0 Å². The molecule has 0 heterocycles. The van der Waals surface area contributed by atoms with Gasteiger partial charge in [0.05, 0.1) is 12.8 Å². The van der Waals surface area contributed by atoms with E-state index in [1.54, 1.807) is 13.2 Å². The molecule has 3 nitrogen and oxygen atoms in total. The number of hydrogen-bond acceptors (Lipinski definition) is 2. The van der Waals surface area contributed by atoms with Crippen molar-refractivity contribution in [3.63, 3.8) is 0 Å². The molecule has 0 spiro atoms. The van der Waals surface area contributed by atoms with Gasteiger partial charge in [-0.2, -0.15) is 0 Å². The number of ether oxygens (including phenoxy) is 1. The minimum absolute atomic E-state index is 0.00871. The van der Waals surface area contributed by atoms with Crippen molar-refractivity contribution in [3.8, 4) is 5.75 Å². The molecule has 0 unspecified atom stereocenters. The van der Waals surface area contributed by atoms with E-state index in [4.69, 9.17) is 27.9 Å². The number of nitrogens with one attached hydrogen (secondary N) is 1. The summed E-state index contributed by atoms with van der Waals surface area (Å²) in [5.74, 6) is 0.759. The van der Waals surface area contributed by atoms with Gasteiger partial charge in [0.2, 0.25) is 5.91 Å². The van der Waals surface area contributed by atoms with Gasteiger partial charge in [-0.3, -0.25) is 4.79 Å². The summed E-state index contributed by atoms with van der Waals surface area (Å²) in [4.78, 5) is 12.4. The first kappa shape index (κ1) is 15.2. The highest BCUT2D eigenvalue weighted by Crippen LogP contribution is 2.49.